The van der Waals surface area contributed by atoms with E-state index >= 15 is 0 Å². The van der Waals surface area contributed by atoms with E-state index in [1.807, 2.05) is 12.1 Å². The number of hydrogen-bond donors (Lipinski definition) is 0. The lowest BCUT2D eigenvalue weighted by molar-refractivity contribution is 0.0505. The molecule has 0 aliphatic rings. The average Bonchev–Trinajstić information content (AvgIpc) is 2.58. The van der Waals surface area contributed by atoms with E-state index in [1.54, 1.807) is 0 Å². The molecule has 1 aromatic rings. The van der Waals surface area contributed by atoms with Gasteiger partial charge < -0.3 is 4.74 Å². The predicted octanol–water partition coefficient (Wildman–Crippen LogP) is 4.23. The number of rotatable bonds is 5. The first kappa shape index (κ1) is 14.3. The molecule has 17 heavy (non-hydrogen) atoms. The fourth-order valence-electron chi connectivity index (χ4n) is 1.02. The fourth-order valence-corrected chi connectivity index (χ4v) is 2.24. The van der Waals surface area contributed by atoms with E-state index in [0.717, 1.165) is 12.8 Å². The van der Waals surface area contributed by atoms with Crippen molar-refractivity contribution >= 4 is 52.0 Å². The van der Waals surface area contributed by atoms with Crippen molar-refractivity contribution in [3.8, 4) is 0 Å². The summed E-state index contributed by atoms with van der Waals surface area (Å²) in [5, 5.41) is 1.26. The summed E-state index contributed by atoms with van der Waals surface area (Å²) in [6, 6.07) is 0. The zero-order chi connectivity index (χ0) is 12.8. The molecule has 0 aliphatic heterocycles. The molecule has 0 fully saturated rings. The normalized spacial score (nSPS) is 9.82. The van der Waals surface area contributed by atoms with Crippen molar-refractivity contribution in [2.45, 2.75) is 19.8 Å². The molecule has 1 heterocycles. The fraction of sp³-hybridized carbons (Fsp3) is 0.400. The van der Waals surface area contributed by atoms with Gasteiger partial charge in [-0.05, 0) is 18.6 Å². The number of aliphatic imine (C=N–C) groups is 1. The minimum absolute atomic E-state index is 0.00395. The molecule has 7 heteroatoms. The molecular weight excluding hydrogens is 285 g/mol. The topological polar surface area (TPSA) is 38.7 Å². The first-order valence-electron chi connectivity index (χ1n) is 4.84. The second-order valence-corrected chi connectivity index (χ2v) is 4.59. The molecule has 0 bridgehead atoms. The Balaban J connectivity index is 2.88. The summed E-state index contributed by atoms with van der Waals surface area (Å²) < 4.78 is 18.3. The summed E-state index contributed by atoms with van der Waals surface area (Å²) in [4.78, 5) is 15.0. The van der Waals surface area contributed by atoms with Crippen LogP contribution in [0.3, 0.4) is 0 Å². The smallest absolute Gasteiger partial charge is 0.350 e. The molecule has 0 saturated heterocycles. The van der Waals surface area contributed by atoms with Crippen LogP contribution in [0, 0.1) is 5.13 Å². The van der Waals surface area contributed by atoms with Crippen LogP contribution in [0.4, 0.5) is 10.1 Å². The van der Waals surface area contributed by atoms with Crippen LogP contribution in [-0.2, 0) is 4.74 Å². The highest BCUT2D eigenvalue weighted by atomic mass is 35.5. The summed E-state index contributed by atoms with van der Waals surface area (Å²) in [6.07, 6.45) is 1.66. The molecule has 0 saturated carbocycles. The number of ether oxygens (including phenoxy) is 1. The van der Waals surface area contributed by atoms with Crippen LogP contribution >= 0.6 is 35.2 Å². The summed E-state index contributed by atoms with van der Waals surface area (Å²) in [6.45, 7) is 2.26. The number of unbranched alkanes of at least 4 members (excludes halogenated alkanes) is 1. The molecule has 0 aliphatic carbocycles. The number of isothiocyanates is 1. The van der Waals surface area contributed by atoms with Gasteiger partial charge in [0.15, 0.2) is 0 Å². The number of nitrogens with zero attached hydrogens (tertiary/aromatic N) is 1. The van der Waals surface area contributed by atoms with E-state index in [-0.39, 0.29) is 22.2 Å². The van der Waals surface area contributed by atoms with Crippen molar-refractivity contribution in [2.24, 2.45) is 4.99 Å². The minimum Gasteiger partial charge on any atom is -0.461 e. The lowest BCUT2D eigenvalue weighted by Crippen LogP contribution is -2.04. The summed E-state index contributed by atoms with van der Waals surface area (Å²) in [5.41, 5.74) is -0.158. The first-order valence-corrected chi connectivity index (χ1v) is 6.44. The van der Waals surface area contributed by atoms with Crippen LogP contribution in [0.15, 0.2) is 4.99 Å². The van der Waals surface area contributed by atoms with Crippen LogP contribution in [0.5, 0.6) is 0 Å². The summed E-state index contributed by atoms with van der Waals surface area (Å²) in [5.74, 6) is -0.641. The number of esters is 1. The van der Waals surface area contributed by atoms with Crippen molar-refractivity contribution in [3.05, 3.63) is 15.0 Å². The standard InChI is InChI=1S/C10H9ClFNO2S2/c1-2-3-4-15-10(14)8-6(11)7(13-5-16)9(12)17-8/h2-4H2,1H3. The molecule has 0 spiro atoms. The zero-order valence-electron chi connectivity index (χ0n) is 8.96. The van der Waals surface area contributed by atoms with Crippen molar-refractivity contribution in [1.29, 1.82) is 0 Å². The Bertz CT molecular complexity index is 469. The van der Waals surface area contributed by atoms with Gasteiger partial charge in [-0.15, -0.1) is 0 Å². The van der Waals surface area contributed by atoms with Gasteiger partial charge in [0, 0.05) is 0 Å². The van der Waals surface area contributed by atoms with Crippen LogP contribution in [0.2, 0.25) is 5.02 Å². The number of carbonyl (C=O) groups excluding carboxylic acids is 1. The third-order valence-electron chi connectivity index (χ3n) is 1.86. The summed E-state index contributed by atoms with van der Waals surface area (Å²) >= 11 is 10.8. The maximum Gasteiger partial charge on any atom is 0.350 e. The maximum absolute atomic E-state index is 13.4. The van der Waals surface area contributed by atoms with Crippen LogP contribution in [0.25, 0.3) is 0 Å². The lowest BCUT2D eigenvalue weighted by Gasteiger charge is -2.01. The average molecular weight is 294 g/mol. The quantitative estimate of drug-likeness (QED) is 0.353. The molecular formula is C10H9ClFNO2S2. The van der Waals surface area contributed by atoms with Gasteiger partial charge in [0.05, 0.1) is 16.8 Å². The van der Waals surface area contributed by atoms with E-state index < -0.39 is 11.1 Å². The van der Waals surface area contributed by atoms with Gasteiger partial charge in [-0.25, -0.2) is 4.79 Å². The van der Waals surface area contributed by atoms with Crippen molar-refractivity contribution in [1.82, 2.24) is 0 Å². The number of halogens is 2. The number of thiophene rings is 1. The first-order chi connectivity index (χ1) is 8.11. The molecule has 1 rings (SSSR count). The third-order valence-corrected chi connectivity index (χ3v) is 3.38. The van der Waals surface area contributed by atoms with Gasteiger partial charge in [-0.2, -0.15) is 9.38 Å². The van der Waals surface area contributed by atoms with Crippen LogP contribution < -0.4 is 0 Å². The molecule has 3 nitrogen and oxygen atoms in total. The number of hydrogen-bond acceptors (Lipinski definition) is 5. The van der Waals surface area contributed by atoms with E-state index in [9.17, 15) is 9.18 Å². The number of carbonyl (C=O) groups is 1. The molecule has 0 N–H and O–H groups in total. The molecule has 0 amide bonds. The second kappa shape index (κ2) is 6.81. The molecule has 0 unspecified atom stereocenters. The van der Waals surface area contributed by atoms with Crippen molar-refractivity contribution < 1.29 is 13.9 Å². The molecule has 0 aromatic carbocycles. The van der Waals surface area contributed by atoms with Crippen LogP contribution in [-0.4, -0.2) is 17.7 Å². The lowest BCUT2D eigenvalue weighted by atomic mass is 10.3. The molecule has 92 valence electrons. The molecule has 0 radical (unpaired) electrons. The van der Waals surface area contributed by atoms with Crippen molar-refractivity contribution in [2.75, 3.05) is 6.61 Å². The van der Waals surface area contributed by atoms with Gasteiger partial charge in [0.25, 0.3) is 0 Å². The Kier molecular flexibility index (Phi) is 5.71. The highest BCUT2D eigenvalue weighted by molar-refractivity contribution is 7.78. The monoisotopic (exact) mass is 293 g/mol. The van der Waals surface area contributed by atoms with Gasteiger partial charge in [-0.1, -0.05) is 36.3 Å². The molecule has 0 atom stereocenters. The Morgan fingerprint density at radius 2 is 2.41 bits per heavy atom. The Hall–Kier alpha value is -0.810. The summed E-state index contributed by atoms with van der Waals surface area (Å²) in [7, 11) is 0. The van der Waals surface area contributed by atoms with E-state index in [0.29, 0.717) is 11.3 Å². The Labute approximate surface area is 112 Å². The predicted molar refractivity (Wildman–Crippen MR) is 69.2 cm³/mol. The zero-order valence-corrected chi connectivity index (χ0v) is 11.3. The van der Waals surface area contributed by atoms with Crippen molar-refractivity contribution in [3.63, 3.8) is 0 Å². The van der Waals surface area contributed by atoms with E-state index in [1.165, 1.54) is 0 Å². The van der Waals surface area contributed by atoms with Gasteiger partial charge in [0.1, 0.15) is 10.6 Å². The van der Waals surface area contributed by atoms with Crippen LogP contribution in [0.1, 0.15) is 29.4 Å². The Morgan fingerprint density at radius 3 is 3.00 bits per heavy atom. The molecule has 1 aromatic heterocycles. The highest BCUT2D eigenvalue weighted by Gasteiger charge is 2.22. The van der Waals surface area contributed by atoms with Gasteiger partial charge in [-0.3, -0.25) is 0 Å². The van der Waals surface area contributed by atoms with Gasteiger partial charge >= 0.3 is 5.97 Å². The minimum atomic E-state index is -0.671. The number of thiocarbonyl (C=S) groups is 1. The van der Waals surface area contributed by atoms with E-state index in [4.69, 9.17) is 16.3 Å². The largest absolute Gasteiger partial charge is 0.461 e. The third kappa shape index (κ3) is 3.57. The Morgan fingerprint density at radius 1 is 1.71 bits per heavy atom. The maximum atomic E-state index is 13.4. The van der Waals surface area contributed by atoms with E-state index in [2.05, 4.69) is 17.2 Å². The van der Waals surface area contributed by atoms with Gasteiger partial charge in [0.2, 0.25) is 5.13 Å². The SMILES string of the molecule is CCCCOC(=O)c1sc(F)c(N=C=S)c1Cl. The highest BCUT2D eigenvalue weighted by Crippen LogP contribution is 2.38. The second-order valence-electron chi connectivity index (χ2n) is 3.06.